The van der Waals surface area contributed by atoms with E-state index in [0.717, 1.165) is 5.52 Å². The maximum atomic E-state index is 11.0. The van der Waals surface area contributed by atoms with Gasteiger partial charge in [0, 0.05) is 11.7 Å². The van der Waals surface area contributed by atoms with Gasteiger partial charge in [0.2, 0.25) is 0 Å². The third-order valence-corrected chi connectivity index (χ3v) is 4.24. The minimum absolute atomic E-state index is 0.0553. The van der Waals surface area contributed by atoms with Gasteiger partial charge in [0.05, 0.1) is 6.54 Å². The zero-order valence-corrected chi connectivity index (χ0v) is 14.0. The van der Waals surface area contributed by atoms with Crippen LogP contribution < -0.4 is 4.74 Å². The summed E-state index contributed by atoms with van der Waals surface area (Å²) in [6, 6.07) is 17.0. The highest BCUT2D eigenvalue weighted by molar-refractivity contribution is 5.93. The quantitative estimate of drug-likeness (QED) is 0.608. The Labute approximate surface area is 150 Å². The molecule has 0 bridgehead atoms. The Kier molecular flexibility index (Phi) is 5.22. The first-order valence-electron chi connectivity index (χ1n) is 8.26. The van der Waals surface area contributed by atoms with Crippen LogP contribution in [-0.2, 0) is 22.6 Å². The molecule has 0 amide bonds. The van der Waals surface area contributed by atoms with Gasteiger partial charge >= 0.3 is 11.9 Å². The first kappa shape index (κ1) is 17.5. The van der Waals surface area contributed by atoms with Gasteiger partial charge in [-0.3, -0.25) is 9.59 Å². The van der Waals surface area contributed by atoms with Gasteiger partial charge in [0.15, 0.2) is 5.92 Å². The SMILES string of the molecule is O=C(O)C(Cc1ccc(OCCn2ccc3ccccc32)cc1)C(=O)O. The van der Waals surface area contributed by atoms with Gasteiger partial charge in [-0.1, -0.05) is 30.3 Å². The maximum Gasteiger partial charge on any atom is 0.318 e. The van der Waals surface area contributed by atoms with Crippen molar-refractivity contribution in [3.8, 4) is 5.75 Å². The van der Waals surface area contributed by atoms with E-state index in [1.165, 1.54) is 5.39 Å². The number of benzene rings is 2. The number of carbonyl (C=O) groups is 2. The summed E-state index contributed by atoms with van der Waals surface area (Å²) >= 11 is 0. The predicted molar refractivity (Wildman–Crippen MR) is 96.3 cm³/mol. The lowest BCUT2D eigenvalue weighted by Gasteiger charge is -2.10. The van der Waals surface area contributed by atoms with Crippen molar-refractivity contribution in [3.05, 3.63) is 66.4 Å². The molecule has 0 atom stereocenters. The van der Waals surface area contributed by atoms with Crippen LogP contribution in [0, 0.1) is 5.92 Å². The second-order valence-electron chi connectivity index (χ2n) is 5.99. The molecule has 1 aromatic heterocycles. The number of hydrogen-bond acceptors (Lipinski definition) is 3. The lowest BCUT2D eigenvalue weighted by Crippen LogP contribution is -2.25. The molecule has 0 aliphatic heterocycles. The number of carboxylic acid groups (broad SMARTS) is 2. The van der Waals surface area contributed by atoms with Crippen molar-refractivity contribution in [1.29, 1.82) is 0 Å². The van der Waals surface area contributed by atoms with E-state index in [2.05, 4.69) is 22.8 Å². The fourth-order valence-corrected chi connectivity index (χ4v) is 2.84. The molecule has 0 spiro atoms. The van der Waals surface area contributed by atoms with Crippen molar-refractivity contribution in [3.63, 3.8) is 0 Å². The molecule has 0 saturated heterocycles. The van der Waals surface area contributed by atoms with Gasteiger partial charge in [0.25, 0.3) is 0 Å². The Morgan fingerprint density at radius 3 is 2.35 bits per heavy atom. The molecule has 0 fully saturated rings. The highest BCUT2D eigenvalue weighted by Gasteiger charge is 2.25. The Hall–Kier alpha value is -3.28. The van der Waals surface area contributed by atoms with Crippen LogP contribution in [0.15, 0.2) is 60.8 Å². The molecule has 0 saturated carbocycles. The van der Waals surface area contributed by atoms with Crippen molar-refractivity contribution >= 4 is 22.8 Å². The molecular weight excluding hydrogens is 334 g/mol. The van der Waals surface area contributed by atoms with Gasteiger partial charge in [-0.15, -0.1) is 0 Å². The average molecular weight is 353 g/mol. The number of aliphatic carboxylic acids is 2. The smallest absolute Gasteiger partial charge is 0.318 e. The van der Waals surface area contributed by atoms with E-state index in [0.29, 0.717) is 24.5 Å². The maximum absolute atomic E-state index is 11.0. The van der Waals surface area contributed by atoms with Crippen LogP contribution in [0.4, 0.5) is 0 Å². The van der Waals surface area contributed by atoms with Crippen molar-refractivity contribution < 1.29 is 24.5 Å². The molecule has 134 valence electrons. The molecule has 2 N–H and O–H groups in total. The van der Waals surface area contributed by atoms with Gasteiger partial charge in [-0.05, 0) is 41.6 Å². The summed E-state index contributed by atoms with van der Waals surface area (Å²) in [6.07, 6.45) is 1.97. The molecule has 1 heterocycles. The normalized spacial score (nSPS) is 11.0. The van der Waals surface area contributed by atoms with E-state index >= 15 is 0 Å². The van der Waals surface area contributed by atoms with Crippen LogP contribution in [0.5, 0.6) is 5.75 Å². The Morgan fingerprint density at radius 2 is 1.65 bits per heavy atom. The number of para-hydroxylation sites is 1. The second kappa shape index (κ2) is 7.74. The minimum Gasteiger partial charge on any atom is -0.492 e. The highest BCUT2D eigenvalue weighted by atomic mass is 16.5. The molecule has 3 rings (SSSR count). The molecule has 6 nitrogen and oxygen atoms in total. The molecule has 2 aromatic carbocycles. The molecule has 0 radical (unpaired) electrons. The lowest BCUT2D eigenvalue weighted by atomic mass is 10.00. The van der Waals surface area contributed by atoms with Crippen LogP contribution in [0.1, 0.15) is 5.56 Å². The third-order valence-electron chi connectivity index (χ3n) is 4.24. The van der Waals surface area contributed by atoms with E-state index in [1.807, 2.05) is 18.3 Å². The summed E-state index contributed by atoms with van der Waals surface area (Å²) in [5.74, 6) is -3.45. The van der Waals surface area contributed by atoms with E-state index in [4.69, 9.17) is 14.9 Å². The Balaban J connectivity index is 1.56. The summed E-state index contributed by atoms with van der Waals surface area (Å²) < 4.78 is 7.85. The number of fused-ring (bicyclic) bond motifs is 1. The highest BCUT2D eigenvalue weighted by Crippen LogP contribution is 2.17. The van der Waals surface area contributed by atoms with Crippen LogP contribution in [-0.4, -0.2) is 33.3 Å². The van der Waals surface area contributed by atoms with Crippen molar-refractivity contribution in [2.24, 2.45) is 5.92 Å². The van der Waals surface area contributed by atoms with Gasteiger partial charge in [-0.25, -0.2) is 0 Å². The van der Waals surface area contributed by atoms with Crippen molar-refractivity contribution in [2.45, 2.75) is 13.0 Å². The van der Waals surface area contributed by atoms with E-state index in [1.54, 1.807) is 24.3 Å². The van der Waals surface area contributed by atoms with E-state index in [-0.39, 0.29) is 6.42 Å². The minimum atomic E-state index is -1.44. The number of aromatic nitrogens is 1. The molecule has 0 aliphatic rings. The summed E-state index contributed by atoms with van der Waals surface area (Å²) in [5.41, 5.74) is 1.79. The number of nitrogens with zero attached hydrogens (tertiary/aromatic N) is 1. The summed E-state index contributed by atoms with van der Waals surface area (Å²) in [4.78, 5) is 21.9. The molecule has 0 unspecified atom stereocenters. The summed E-state index contributed by atoms with van der Waals surface area (Å²) in [7, 11) is 0. The number of hydrogen-bond donors (Lipinski definition) is 2. The van der Waals surface area contributed by atoms with E-state index < -0.39 is 17.9 Å². The summed E-state index contributed by atoms with van der Waals surface area (Å²) in [6.45, 7) is 1.19. The van der Waals surface area contributed by atoms with E-state index in [9.17, 15) is 9.59 Å². The first-order valence-corrected chi connectivity index (χ1v) is 8.26. The monoisotopic (exact) mass is 353 g/mol. The molecule has 26 heavy (non-hydrogen) atoms. The van der Waals surface area contributed by atoms with Crippen LogP contribution >= 0.6 is 0 Å². The topological polar surface area (TPSA) is 88.8 Å². The fraction of sp³-hybridized carbons (Fsp3) is 0.200. The lowest BCUT2D eigenvalue weighted by molar-refractivity contribution is -0.154. The zero-order valence-electron chi connectivity index (χ0n) is 14.0. The van der Waals surface area contributed by atoms with Gasteiger partial charge < -0.3 is 19.5 Å². The Morgan fingerprint density at radius 1 is 0.962 bits per heavy atom. The Bertz CT molecular complexity index is 899. The van der Waals surface area contributed by atoms with Gasteiger partial charge in [-0.2, -0.15) is 0 Å². The van der Waals surface area contributed by atoms with Crippen molar-refractivity contribution in [1.82, 2.24) is 4.57 Å². The molecule has 3 aromatic rings. The van der Waals surface area contributed by atoms with Crippen LogP contribution in [0.25, 0.3) is 10.9 Å². The second-order valence-corrected chi connectivity index (χ2v) is 5.99. The average Bonchev–Trinajstić information content (AvgIpc) is 3.04. The number of rotatable bonds is 8. The number of carboxylic acids is 2. The zero-order chi connectivity index (χ0) is 18.5. The molecule has 6 heteroatoms. The van der Waals surface area contributed by atoms with Crippen LogP contribution in [0.2, 0.25) is 0 Å². The summed E-state index contributed by atoms with van der Waals surface area (Å²) in [5, 5.41) is 19.1. The standard InChI is InChI=1S/C20H19NO5/c22-19(23)17(20(24)25)13-14-5-7-16(8-6-14)26-12-11-21-10-9-15-3-1-2-4-18(15)21/h1-10,17H,11-13H2,(H,22,23)(H,24,25). The number of ether oxygens (including phenoxy) is 1. The van der Waals surface area contributed by atoms with Crippen molar-refractivity contribution in [2.75, 3.05) is 6.61 Å². The van der Waals surface area contributed by atoms with Gasteiger partial charge in [0.1, 0.15) is 12.4 Å². The first-order chi connectivity index (χ1) is 12.5. The predicted octanol–water partition coefficient (Wildman–Crippen LogP) is 3.05. The fourth-order valence-electron chi connectivity index (χ4n) is 2.84. The van der Waals surface area contributed by atoms with Crippen LogP contribution in [0.3, 0.4) is 0 Å². The molecule has 0 aliphatic carbocycles. The molecular formula is C20H19NO5. The third kappa shape index (κ3) is 4.03. The largest absolute Gasteiger partial charge is 0.492 e.